The fraction of sp³-hybridized carbons (Fsp3) is 0.625. The number of nitrogens with zero attached hydrogens (tertiary/aromatic N) is 1. The molecule has 0 atom stereocenters. The first kappa shape index (κ1) is 16.3. The molecule has 1 aromatic carbocycles. The molecule has 1 aliphatic rings. The molecule has 0 aliphatic heterocycles. The molecule has 0 heterocycles. The summed E-state index contributed by atoms with van der Waals surface area (Å²) in [6.45, 7) is 6.28. The van der Waals surface area contributed by atoms with Gasteiger partial charge >= 0.3 is 7.12 Å². The zero-order chi connectivity index (χ0) is 15.4. The van der Waals surface area contributed by atoms with Crippen LogP contribution in [-0.2, 0) is 6.54 Å². The summed E-state index contributed by atoms with van der Waals surface area (Å²) in [5, 5.41) is 19.1. The second kappa shape index (κ2) is 7.30. The minimum absolute atomic E-state index is 0.575. The molecule has 4 nitrogen and oxygen atoms in total. The summed E-state index contributed by atoms with van der Waals surface area (Å²) in [5.41, 5.74) is 1.52. The van der Waals surface area contributed by atoms with Crippen LogP contribution in [0.1, 0.15) is 38.7 Å². The zero-order valence-corrected chi connectivity index (χ0v) is 13.2. The van der Waals surface area contributed by atoms with Crippen LogP contribution in [0.3, 0.4) is 0 Å². The summed E-state index contributed by atoms with van der Waals surface area (Å²) < 4.78 is 5.26. The molecule has 0 saturated heterocycles. The van der Waals surface area contributed by atoms with Crippen molar-refractivity contribution >= 4 is 12.6 Å². The lowest BCUT2D eigenvalue weighted by molar-refractivity contribution is 0.239. The first-order valence-corrected chi connectivity index (χ1v) is 7.78. The van der Waals surface area contributed by atoms with Crippen molar-refractivity contribution in [2.75, 3.05) is 13.7 Å². The van der Waals surface area contributed by atoms with Crippen molar-refractivity contribution in [1.82, 2.24) is 4.90 Å². The van der Waals surface area contributed by atoms with Gasteiger partial charge in [0.15, 0.2) is 0 Å². The van der Waals surface area contributed by atoms with Crippen LogP contribution in [0, 0.1) is 5.92 Å². The summed E-state index contributed by atoms with van der Waals surface area (Å²) in [7, 11) is 0.197. The molecule has 0 radical (unpaired) electrons. The highest BCUT2D eigenvalue weighted by atomic mass is 16.5. The minimum atomic E-state index is -1.43. The number of benzene rings is 1. The van der Waals surface area contributed by atoms with Crippen LogP contribution in [0.4, 0.5) is 0 Å². The van der Waals surface area contributed by atoms with Gasteiger partial charge in [-0.3, -0.25) is 4.90 Å². The smallest absolute Gasteiger partial charge is 0.488 e. The lowest BCUT2D eigenvalue weighted by atomic mass is 9.77. The zero-order valence-electron chi connectivity index (χ0n) is 13.2. The fourth-order valence-corrected chi connectivity index (χ4v) is 2.57. The van der Waals surface area contributed by atoms with Gasteiger partial charge in [0.25, 0.3) is 0 Å². The van der Waals surface area contributed by atoms with Crippen molar-refractivity contribution in [3.63, 3.8) is 0 Å². The normalized spacial score (nSPS) is 14.8. The van der Waals surface area contributed by atoms with Gasteiger partial charge in [0.1, 0.15) is 5.75 Å². The van der Waals surface area contributed by atoms with E-state index in [0.29, 0.717) is 17.4 Å². The van der Waals surface area contributed by atoms with E-state index in [2.05, 4.69) is 18.7 Å². The number of hydrogen-bond acceptors (Lipinski definition) is 4. The highest BCUT2D eigenvalue weighted by Crippen LogP contribution is 2.29. The van der Waals surface area contributed by atoms with Gasteiger partial charge in [-0.1, -0.05) is 19.9 Å². The quantitative estimate of drug-likeness (QED) is 0.711. The van der Waals surface area contributed by atoms with Crippen molar-refractivity contribution < 1.29 is 14.8 Å². The van der Waals surface area contributed by atoms with Gasteiger partial charge in [-0.05, 0) is 54.9 Å². The lowest BCUT2D eigenvalue weighted by Crippen LogP contribution is -2.37. The van der Waals surface area contributed by atoms with Gasteiger partial charge in [0, 0.05) is 12.6 Å². The Morgan fingerprint density at radius 2 is 2.05 bits per heavy atom. The van der Waals surface area contributed by atoms with Gasteiger partial charge in [-0.15, -0.1) is 0 Å². The average Bonchev–Trinajstić information content (AvgIpc) is 3.27. The number of methoxy groups -OCH3 is 1. The van der Waals surface area contributed by atoms with Gasteiger partial charge in [-0.25, -0.2) is 0 Å². The molecule has 5 heteroatoms. The van der Waals surface area contributed by atoms with E-state index < -0.39 is 7.12 Å². The molecule has 0 aromatic heterocycles. The molecule has 1 fully saturated rings. The van der Waals surface area contributed by atoms with E-state index in [1.54, 1.807) is 19.2 Å². The van der Waals surface area contributed by atoms with E-state index in [0.717, 1.165) is 30.8 Å². The molecule has 1 aliphatic carbocycles. The molecule has 0 bridgehead atoms. The molecular formula is C16H26BNO3. The maximum atomic E-state index is 9.55. The molecule has 2 rings (SSSR count). The molecule has 0 spiro atoms. The Morgan fingerprint density at radius 1 is 1.33 bits per heavy atom. The van der Waals surface area contributed by atoms with Crippen LogP contribution in [0.5, 0.6) is 5.75 Å². The SMILES string of the molecule is COc1ccc(B(O)O)c(CN(CCC(C)C)C2CC2)c1. The molecule has 116 valence electrons. The summed E-state index contributed by atoms with van der Waals surface area (Å²) in [5.74, 6) is 1.44. The van der Waals surface area contributed by atoms with Gasteiger partial charge in [0.2, 0.25) is 0 Å². The Hall–Kier alpha value is -1.04. The van der Waals surface area contributed by atoms with Crippen molar-refractivity contribution in [3.05, 3.63) is 23.8 Å². The fourth-order valence-electron chi connectivity index (χ4n) is 2.57. The van der Waals surface area contributed by atoms with Gasteiger partial charge in [-0.2, -0.15) is 0 Å². The first-order valence-electron chi connectivity index (χ1n) is 7.78. The van der Waals surface area contributed by atoms with Crippen LogP contribution in [0.15, 0.2) is 18.2 Å². The molecule has 0 amide bonds. The first-order chi connectivity index (χ1) is 10.0. The largest absolute Gasteiger partial charge is 0.497 e. The lowest BCUT2D eigenvalue weighted by Gasteiger charge is -2.24. The van der Waals surface area contributed by atoms with E-state index in [1.807, 2.05) is 6.07 Å². The van der Waals surface area contributed by atoms with E-state index >= 15 is 0 Å². The van der Waals surface area contributed by atoms with Gasteiger partial charge < -0.3 is 14.8 Å². The highest BCUT2D eigenvalue weighted by Gasteiger charge is 2.30. The topological polar surface area (TPSA) is 52.9 Å². The van der Waals surface area contributed by atoms with Crippen LogP contribution < -0.4 is 10.2 Å². The Balaban J connectivity index is 2.14. The average molecular weight is 291 g/mol. The van der Waals surface area contributed by atoms with E-state index in [1.165, 1.54) is 12.8 Å². The molecule has 2 N–H and O–H groups in total. The van der Waals surface area contributed by atoms with Crippen molar-refractivity contribution in [2.45, 2.75) is 45.7 Å². The molecular weight excluding hydrogens is 265 g/mol. The van der Waals surface area contributed by atoms with E-state index in [4.69, 9.17) is 4.74 Å². The van der Waals surface area contributed by atoms with Crippen LogP contribution in [0.2, 0.25) is 0 Å². The standard InChI is InChI=1S/C16H26BNO3/c1-12(2)8-9-18(14-4-5-14)11-13-10-15(21-3)6-7-16(13)17(19)20/h6-7,10,12,14,19-20H,4-5,8-9,11H2,1-3H3. The third-order valence-corrected chi connectivity index (χ3v) is 4.06. The molecule has 1 aromatic rings. The number of hydrogen-bond donors (Lipinski definition) is 2. The molecule has 21 heavy (non-hydrogen) atoms. The van der Waals surface area contributed by atoms with Crippen LogP contribution >= 0.6 is 0 Å². The van der Waals surface area contributed by atoms with E-state index in [-0.39, 0.29) is 0 Å². The predicted octanol–water partition coefficient (Wildman–Crippen LogP) is 1.39. The predicted molar refractivity (Wildman–Crippen MR) is 85.7 cm³/mol. The summed E-state index contributed by atoms with van der Waals surface area (Å²) in [4.78, 5) is 2.46. The number of ether oxygens (including phenoxy) is 1. The Kier molecular flexibility index (Phi) is 5.68. The third-order valence-electron chi connectivity index (χ3n) is 4.06. The second-order valence-corrected chi connectivity index (χ2v) is 6.32. The highest BCUT2D eigenvalue weighted by molar-refractivity contribution is 6.59. The summed E-state index contributed by atoms with van der Waals surface area (Å²) in [6, 6.07) is 6.08. The van der Waals surface area contributed by atoms with Gasteiger partial charge in [0.05, 0.1) is 7.11 Å². The minimum Gasteiger partial charge on any atom is -0.497 e. The molecule has 1 saturated carbocycles. The maximum Gasteiger partial charge on any atom is 0.488 e. The van der Waals surface area contributed by atoms with Crippen LogP contribution in [0.25, 0.3) is 0 Å². The Bertz CT molecular complexity index is 461. The maximum absolute atomic E-state index is 9.55. The molecule has 0 unspecified atom stereocenters. The summed E-state index contributed by atoms with van der Waals surface area (Å²) in [6.07, 6.45) is 3.66. The van der Waals surface area contributed by atoms with Crippen molar-refractivity contribution in [1.29, 1.82) is 0 Å². The Labute approximate surface area is 127 Å². The number of rotatable bonds is 8. The van der Waals surface area contributed by atoms with Crippen LogP contribution in [-0.4, -0.2) is 41.8 Å². The van der Waals surface area contributed by atoms with Crippen molar-refractivity contribution in [3.8, 4) is 5.75 Å². The van der Waals surface area contributed by atoms with Crippen molar-refractivity contribution in [2.24, 2.45) is 5.92 Å². The summed E-state index contributed by atoms with van der Waals surface area (Å²) >= 11 is 0. The third kappa shape index (κ3) is 4.73. The second-order valence-electron chi connectivity index (χ2n) is 6.32. The Morgan fingerprint density at radius 3 is 2.57 bits per heavy atom. The van der Waals surface area contributed by atoms with E-state index in [9.17, 15) is 10.0 Å². The monoisotopic (exact) mass is 291 g/mol.